The van der Waals surface area contributed by atoms with Gasteiger partial charge in [-0.25, -0.2) is 0 Å². The molecular weight excluding hydrogens is 295 g/mol. The summed E-state index contributed by atoms with van der Waals surface area (Å²) in [6, 6.07) is 4.31. The molecule has 1 aromatic carbocycles. The predicted octanol–water partition coefficient (Wildman–Crippen LogP) is 3.33. The number of nitrogens with zero attached hydrogens (tertiary/aromatic N) is 1. The first-order valence-corrected chi connectivity index (χ1v) is 7.39. The van der Waals surface area contributed by atoms with Crippen molar-refractivity contribution in [3.8, 4) is 0 Å². The highest BCUT2D eigenvalue weighted by atomic mass is 19.4. The Bertz CT molecular complexity index is 511. The number of rotatable bonds is 3. The summed E-state index contributed by atoms with van der Waals surface area (Å²) in [5, 5.41) is 9.48. The number of carbonyl (C=O) groups is 1. The number of carbonyl (C=O) groups excluding carboxylic acids is 1. The zero-order chi connectivity index (χ0) is 16.4. The number of halogens is 3. The van der Waals surface area contributed by atoms with Crippen molar-refractivity contribution in [2.24, 2.45) is 5.41 Å². The first-order chi connectivity index (χ1) is 10.3. The van der Waals surface area contributed by atoms with Crippen LogP contribution in [-0.2, 0) is 6.18 Å². The van der Waals surface area contributed by atoms with Crippen LogP contribution in [0.4, 0.5) is 13.2 Å². The van der Waals surface area contributed by atoms with Crippen LogP contribution >= 0.6 is 0 Å². The minimum absolute atomic E-state index is 0.103. The van der Waals surface area contributed by atoms with Crippen molar-refractivity contribution in [3.05, 3.63) is 35.4 Å². The van der Waals surface area contributed by atoms with Crippen LogP contribution in [0.5, 0.6) is 0 Å². The molecule has 0 aliphatic carbocycles. The number of alkyl halides is 3. The van der Waals surface area contributed by atoms with E-state index in [9.17, 15) is 23.1 Å². The number of hydrogen-bond donors (Lipinski definition) is 1. The molecule has 0 unspecified atom stereocenters. The summed E-state index contributed by atoms with van der Waals surface area (Å²) in [6.07, 6.45) is -2.11. The maximum Gasteiger partial charge on any atom is 0.416 e. The van der Waals surface area contributed by atoms with Crippen LogP contribution in [0.15, 0.2) is 24.3 Å². The number of hydrogen-bond acceptors (Lipinski definition) is 2. The topological polar surface area (TPSA) is 40.5 Å². The minimum atomic E-state index is -4.39. The molecule has 2 rings (SSSR count). The molecule has 6 heteroatoms. The zero-order valence-corrected chi connectivity index (χ0v) is 12.5. The van der Waals surface area contributed by atoms with Crippen molar-refractivity contribution in [3.63, 3.8) is 0 Å². The fourth-order valence-electron chi connectivity index (χ4n) is 2.79. The van der Waals surface area contributed by atoms with Crippen molar-refractivity contribution in [1.29, 1.82) is 0 Å². The summed E-state index contributed by atoms with van der Waals surface area (Å²) in [5.74, 6) is -0.253. The Kier molecular flexibility index (Phi) is 4.80. The molecule has 0 bridgehead atoms. The summed E-state index contributed by atoms with van der Waals surface area (Å²) in [4.78, 5) is 14.0. The molecule has 3 nitrogen and oxygen atoms in total. The Morgan fingerprint density at radius 1 is 1.23 bits per heavy atom. The van der Waals surface area contributed by atoms with E-state index in [1.807, 2.05) is 6.92 Å². The van der Waals surface area contributed by atoms with E-state index in [1.54, 1.807) is 4.90 Å². The minimum Gasteiger partial charge on any atom is -0.396 e. The third-order valence-corrected chi connectivity index (χ3v) is 4.66. The Morgan fingerprint density at radius 3 is 2.18 bits per heavy atom. The van der Waals surface area contributed by atoms with Gasteiger partial charge in [0.25, 0.3) is 5.91 Å². The van der Waals surface area contributed by atoms with Crippen molar-refractivity contribution < 1.29 is 23.1 Å². The lowest BCUT2D eigenvalue weighted by molar-refractivity contribution is -0.137. The first kappa shape index (κ1) is 16.8. The second kappa shape index (κ2) is 6.28. The third kappa shape index (κ3) is 3.43. The van der Waals surface area contributed by atoms with Gasteiger partial charge in [-0.3, -0.25) is 4.79 Å². The lowest BCUT2D eigenvalue weighted by Gasteiger charge is -2.40. The van der Waals surface area contributed by atoms with Crippen LogP contribution in [0.2, 0.25) is 0 Å². The van der Waals surface area contributed by atoms with E-state index in [0.717, 1.165) is 18.6 Å². The molecule has 1 fully saturated rings. The lowest BCUT2D eigenvalue weighted by atomic mass is 9.77. The number of amides is 1. The Balaban J connectivity index is 2.04. The van der Waals surface area contributed by atoms with Crippen molar-refractivity contribution in [1.82, 2.24) is 4.90 Å². The monoisotopic (exact) mass is 315 g/mol. The van der Waals surface area contributed by atoms with Crippen LogP contribution in [0.25, 0.3) is 0 Å². The van der Waals surface area contributed by atoms with E-state index < -0.39 is 11.7 Å². The highest BCUT2D eigenvalue weighted by Gasteiger charge is 2.34. The van der Waals surface area contributed by atoms with Crippen LogP contribution in [0.1, 0.15) is 42.1 Å². The van der Waals surface area contributed by atoms with Gasteiger partial charge < -0.3 is 10.0 Å². The number of aliphatic hydroxyl groups excluding tert-OH is 1. The fraction of sp³-hybridized carbons (Fsp3) is 0.562. The van der Waals surface area contributed by atoms with Gasteiger partial charge in [-0.2, -0.15) is 13.2 Å². The van der Waals surface area contributed by atoms with Gasteiger partial charge in [0.1, 0.15) is 0 Å². The van der Waals surface area contributed by atoms with Gasteiger partial charge in [-0.15, -0.1) is 0 Å². The maximum atomic E-state index is 12.5. The molecule has 1 N–H and O–H groups in total. The highest BCUT2D eigenvalue weighted by Crippen LogP contribution is 2.35. The second-order valence-corrected chi connectivity index (χ2v) is 5.88. The van der Waals surface area contributed by atoms with Gasteiger partial charge in [0.15, 0.2) is 0 Å². The summed E-state index contributed by atoms with van der Waals surface area (Å²) >= 11 is 0. The van der Waals surface area contributed by atoms with E-state index in [1.165, 1.54) is 12.1 Å². The molecular formula is C16H20F3NO2. The van der Waals surface area contributed by atoms with Crippen LogP contribution in [0.3, 0.4) is 0 Å². The van der Waals surface area contributed by atoms with Crippen molar-refractivity contribution >= 4 is 5.91 Å². The molecule has 0 saturated carbocycles. The number of aliphatic hydroxyl groups is 1. The van der Waals surface area contributed by atoms with E-state index >= 15 is 0 Å². The average molecular weight is 315 g/mol. The lowest BCUT2D eigenvalue weighted by Crippen LogP contribution is -2.44. The van der Waals surface area contributed by atoms with Gasteiger partial charge >= 0.3 is 6.18 Å². The molecule has 1 aliphatic rings. The summed E-state index contributed by atoms with van der Waals surface area (Å²) in [6.45, 7) is 3.16. The number of piperidine rings is 1. The van der Waals surface area contributed by atoms with Gasteiger partial charge in [0.05, 0.1) is 5.56 Å². The van der Waals surface area contributed by atoms with E-state index in [0.29, 0.717) is 25.9 Å². The standard InChI is InChI=1S/C16H20F3NO2/c1-2-15(11-21)7-9-20(10-8-15)14(22)12-3-5-13(6-4-12)16(17,18)19/h3-6,21H,2,7-11H2,1H3. The van der Waals surface area contributed by atoms with E-state index in [2.05, 4.69) is 0 Å². The predicted molar refractivity (Wildman–Crippen MR) is 76.4 cm³/mol. The Labute approximate surface area is 127 Å². The molecule has 0 spiro atoms. The molecule has 1 heterocycles. The maximum absolute atomic E-state index is 12.5. The molecule has 0 aromatic heterocycles. The third-order valence-electron chi connectivity index (χ3n) is 4.66. The smallest absolute Gasteiger partial charge is 0.396 e. The summed E-state index contributed by atoms with van der Waals surface area (Å²) < 4.78 is 37.6. The fourth-order valence-corrected chi connectivity index (χ4v) is 2.79. The summed E-state index contributed by atoms with van der Waals surface area (Å²) in [5.41, 5.74) is -0.620. The molecule has 1 saturated heterocycles. The van der Waals surface area contributed by atoms with Crippen molar-refractivity contribution in [2.45, 2.75) is 32.4 Å². The molecule has 0 radical (unpaired) electrons. The van der Waals surface area contributed by atoms with Crippen LogP contribution in [0, 0.1) is 5.41 Å². The largest absolute Gasteiger partial charge is 0.416 e. The molecule has 22 heavy (non-hydrogen) atoms. The second-order valence-electron chi connectivity index (χ2n) is 5.88. The molecule has 122 valence electrons. The molecule has 0 atom stereocenters. The van der Waals surface area contributed by atoms with Gasteiger partial charge in [0, 0.05) is 25.3 Å². The van der Waals surface area contributed by atoms with Gasteiger partial charge in [-0.05, 0) is 48.9 Å². The number of benzene rings is 1. The number of likely N-dealkylation sites (tertiary alicyclic amines) is 1. The molecule has 1 aliphatic heterocycles. The normalized spacial score (nSPS) is 18.3. The average Bonchev–Trinajstić information content (AvgIpc) is 2.53. The highest BCUT2D eigenvalue weighted by molar-refractivity contribution is 5.94. The Morgan fingerprint density at radius 2 is 1.77 bits per heavy atom. The molecule has 1 aromatic rings. The quantitative estimate of drug-likeness (QED) is 0.929. The summed E-state index contributed by atoms with van der Waals surface area (Å²) in [7, 11) is 0. The Hall–Kier alpha value is -1.56. The van der Waals surface area contributed by atoms with Crippen LogP contribution < -0.4 is 0 Å². The van der Waals surface area contributed by atoms with Crippen molar-refractivity contribution in [2.75, 3.05) is 19.7 Å². The SMILES string of the molecule is CCC1(CO)CCN(C(=O)c2ccc(C(F)(F)F)cc2)CC1. The van der Waals surface area contributed by atoms with Gasteiger partial charge in [-0.1, -0.05) is 6.92 Å². The van der Waals surface area contributed by atoms with E-state index in [4.69, 9.17) is 0 Å². The molecule has 1 amide bonds. The van der Waals surface area contributed by atoms with Gasteiger partial charge in [0.2, 0.25) is 0 Å². The van der Waals surface area contributed by atoms with Crippen LogP contribution in [-0.4, -0.2) is 35.6 Å². The zero-order valence-electron chi connectivity index (χ0n) is 12.5. The van der Waals surface area contributed by atoms with E-state index in [-0.39, 0.29) is 23.5 Å². The first-order valence-electron chi connectivity index (χ1n) is 7.39.